The minimum absolute atomic E-state index is 0.0474. The Balaban J connectivity index is 1.80. The van der Waals surface area contributed by atoms with Gasteiger partial charge in [0.1, 0.15) is 0 Å². The molecule has 142 valence electrons. The van der Waals surface area contributed by atoms with Crippen molar-refractivity contribution < 1.29 is 14.4 Å². The third kappa shape index (κ3) is 6.84. The number of carbonyl (C=O) groups excluding carboxylic acids is 3. The van der Waals surface area contributed by atoms with Crippen LogP contribution in [-0.2, 0) is 14.4 Å². The van der Waals surface area contributed by atoms with Gasteiger partial charge < -0.3 is 15.5 Å². The van der Waals surface area contributed by atoms with Gasteiger partial charge in [-0.05, 0) is 49.6 Å². The second-order valence-electron chi connectivity index (χ2n) is 6.83. The van der Waals surface area contributed by atoms with Crippen LogP contribution in [0.1, 0.15) is 26.7 Å². The van der Waals surface area contributed by atoms with Crippen LogP contribution in [0.15, 0.2) is 24.3 Å². The van der Waals surface area contributed by atoms with E-state index in [0.717, 1.165) is 6.54 Å². The summed E-state index contributed by atoms with van der Waals surface area (Å²) in [5.74, 6) is 0.391. The molecule has 0 spiro atoms. The lowest BCUT2D eigenvalue weighted by molar-refractivity contribution is -0.131. The van der Waals surface area contributed by atoms with Crippen molar-refractivity contribution in [2.75, 3.05) is 43.9 Å². The molecule has 1 saturated carbocycles. The molecular weight excluding hydrogens is 332 g/mol. The maximum absolute atomic E-state index is 12.3. The van der Waals surface area contributed by atoms with Crippen molar-refractivity contribution in [1.82, 2.24) is 9.80 Å². The van der Waals surface area contributed by atoms with E-state index in [4.69, 9.17) is 0 Å². The number of rotatable bonds is 9. The summed E-state index contributed by atoms with van der Waals surface area (Å²) >= 11 is 0. The van der Waals surface area contributed by atoms with E-state index in [0.29, 0.717) is 23.8 Å². The Morgan fingerprint density at radius 3 is 2.12 bits per heavy atom. The van der Waals surface area contributed by atoms with Gasteiger partial charge in [0.05, 0.1) is 13.1 Å². The number of anilines is 2. The topological polar surface area (TPSA) is 81.8 Å². The van der Waals surface area contributed by atoms with Crippen LogP contribution in [-0.4, -0.2) is 60.7 Å². The molecule has 1 aliphatic carbocycles. The zero-order valence-electron chi connectivity index (χ0n) is 15.7. The average Bonchev–Trinajstić information content (AvgIpc) is 3.39. The molecule has 0 aliphatic heterocycles. The summed E-state index contributed by atoms with van der Waals surface area (Å²) in [5, 5.41) is 5.49. The summed E-state index contributed by atoms with van der Waals surface area (Å²) in [6, 6.07) is 6.91. The summed E-state index contributed by atoms with van der Waals surface area (Å²) < 4.78 is 0. The van der Waals surface area contributed by atoms with Gasteiger partial charge in [0.2, 0.25) is 17.7 Å². The zero-order chi connectivity index (χ0) is 19.1. The fourth-order valence-corrected chi connectivity index (χ4v) is 2.62. The Hall–Kier alpha value is -2.41. The Kier molecular flexibility index (Phi) is 7.15. The molecular formula is C19H28N4O3. The first-order valence-electron chi connectivity index (χ1n) is 9.01. The van der Waals surface area contributed by atoms with Crippen molar-refractivity contribution in [2.24, 2.45) is 5.92 Å². The molecule has 1 aromatic carbocycles. The van der Waals surface area contributed by atoms with Crippen molar-refractivity contribution in [1.29, 1.82) is 0 Å². The number of carbonyl (C=O) groups is 3. The normalized spacial score (nSPS) is 13.4. The number of likely N-dealkylation sites (N-methyl/N-ethyl adjacent to an activating group) is 2. The van der Waals surface area contributed by atoms with Gasteiger partial charge >= 0.3 is 0 Å². The van der Waals surface area contributed by atoms with Gasteiger partial charge in [-0.3, -0.25) is 19.3 Å². The van der Waals surface area contributed by atoms with Crippen LogP contribution in [0.5, 0.6) is 0 Å². The fraction of sp³-hybridized carbons (Fsp3) is 0.526. The number of benzene rings is 1. The number of hydrogen-bond donors (Lipinski definition) is 2. The number of nitrogens with zero attached hydrogens (tertiary/aromatic N) is 2. The van der Waals surface area contributed by atoms with Crippen molar-refractivity contribution in [3.8, 4) is 0 Å². The van der Waals surface area contributed by atoms with E-state index in [1.165, 1.54) is 19.8 Å². The van der Waals surface area contributed by atoms with Crippen LogP contribution >= 0.6 is 0 Å². The molecule has 0 heterocycles. The quantitative estimate of drug-likeness (QED) is 0.703. The second-order valence-corrected chi connectivity index (χ2v) is 6.83. The van der Waals surface area contributed by atoms with E-state index in [1.807, 2.05) is 18.9 Å². The third-order valence-corrected chi connectivity index (χ3v) is 4.32. The van der Waals surface area contributed by atoms with Crippen LogP contribution in [0.4, 0.5) is 11.4 Å². The molecule has 1 aromatic rings. The summed E-state index contributed by atoms with van der Waals surface area (Å²) in [6.07, 6.45) is 2.41. The third-order valence-electron chi connectivity index (χ3n) is 4.32. The summed E-state index contributed by atoms with van der Waals surface area (Å²) in [7, 11) is 1.82. The fourth-order valence-electron chi connectivity index (χ4n) is 2.62. The van der Waals surface area contributed by atoms with Crippen molar-refractivity contribution in [3.63, 3.8) is 0 Å². The van der Waals surface area contributed by atoms with E-state index >= 15 is 0 Å². The highest BCUT2D eigenvalue weighted by atomic mass is 16.2. The lowest BCUT2D eigenvalue weighted by atomic mass is 10.2. The monoisotopic (exact) mass is 360 g/mol. The highest BCUT2D eigenvalue weighted by Gasteiger charge is 2.25. The van der Waals surface area contributed by atoms with E-state index in [-0.39, 0.29) is 30.8 Å². The molecule has 1 aliphatic rings. The largest absolute Gasteiger partial charge is 0.344 e. The predicted molar refractivity (Wildman–Crippen MR) is 102 cm³/mol. The molecule has 7 nitrogen and oxygen atoms in total. The van der Waals surface area contributed by atoms with Crippen LogP contribution in [0.25, 0.3) is 0 Å². The second kappa shape index (κ2) is 9.33. The highest BCUT2D eigenvalue weighted by Crippen LogP contribution is 2.29. The van der Waals surface area contributed by atoms with Crippen LogP contribution in [0, 0.1) is 5.92 Å². The standard InChI is InChI=1S/C19H28N4O3/c1-4-23(13-19(26)22(3)11-15-5-6-15)12-18(25)21-17-9-7-16(8-10-17)20-14(2)24/h7-10,15H,4-6,11-13H2,1-3H3,(H,20,24)(H,21,25). The molecule has 0 aromatic heterocycles. The van der Waals surface area contributed by atoms with Crippen molar-refractivity contribution in [3.05, 3.63) is 24.3 Å². The highest BCUT2D eigenvalue weighted by molar-refractivity contribution is 5.93. The molecule has 1 fully saturated rings. The SMILES string of the molecule is CCN(CC(=O)Nc1ccc(NC(C)=O)cc1)CC(=O)N(C)CC1CC1. The Morgan fingerprint density at radius 1 is 1.04 bits per heavy atom. The summed E-state index contributed by atoms with van der Waals surface area (Å²) in [6.45, 7) is 5.21. The summed E-state index contributed by atoms with van der Waals surface area (Å²) in [4.78, 5) is 39.1. The predicted octanol–water partition coefficient (Wildman–Crippen LogP) is 1.77. The molecule has 0 saturated heterocycles. The molecule has 0 unspecified atom stereocenters. The van der Waals surface area contributed by atoms with Crippen LogP contribution in [0.2, 0.25) is 0 Å². The molecule has 3 amide bonds. The molecule has 2 N–H and O–H groups in total. The molecule has 0 radical (unpaired) electrons. The average molecular weight is 360 g/mol. The first kappa shape index (κ1) is 19.9. The van der Waals surface area contributed by atoms with Crippen molar-refractivity contribution >= 4 is 29.1 Å². The van der Waals surface area contributed by atoms with Gasteiger partial charge in [0.15, 0.2) is 0 Å². The minimum Gasteiger partial charge on any atom is -0.344 e. The van der Waals surface area contributed by atoms with Crippen LogP contribution in [0.3, 0.4) is 0 Å². The lowest BCUT2D eigenvalue weighted by Gasteiger charge is -2.23. The molecule has 0 atom stereocenters. The Morgan fingerprint density at radius 2 is 1.62 bits per heavy atom. The van der Waals surface area contributed by atoms with Gasteiger partial charge in [-0.15, -0.1) is 0 Å². The van der Waals surface area contributed by atoms with E-state index in [1.54, 1.807) is 29.2 Å². The van der Waals surface area contributed by atoms with Gasteiger partial charge in [0, 0.05) is 31.9 Å². The van der Waals surface area contributed by atoms with Gasteiger partial charge in [0.25, 0.3) is 0 Å². The molecule has 7 heteroatoms. The van der Waals surface area contributed by atoms with E-state index in [2.05, 4.69) is 10.6 Å². The first-order valence-corrected chi connectivity index (χ1v) is 9.01. The molecule has 0 bridgehead atoms. The smallest absolute Gasteiger partial charge is 0.238 e. The van der Waals surface area contributed by atoms with Gasteiger partial charge in [-0.1, -0.05) is 6.92 Å². The van der Waals surface area contributed by atoms with Crippen LogP contribution < -0.4 is 10.6 Å². The van der Waals surface area contributed by atoms with Gasteiger partial charge in [-0.25, -0.2) is 0 Å². The first-order chi connectivity index (χ1) is 12.4. The Bertz CT molecular complexity index is 641. The van der Waals surface area contributed by atoms with E-state index in [9.17, 15) is 14.4 Å². The van der Waals surface area contributed by atoms with Crippen molar-refractivity contribution in [2.45, 2.75) is 26.7 Å². The lowest BCUT2D eigenvalue weighted by Crippen LogP contribution is -2.42. The summed E-state index contributed by atoms with van der Waals surface area (Å²) in [5.41, 5.74) is 1.33. The maximum atomic E-state index is 12.3. The molecule has 26 heavy (non-hydrogen) atoms. The molecule has 2 rings (SSSR count). The zero-order valence-corrected chi connectivity index (χ0v) is 15.7. The van der Waals surface area contributed by atoms with Gasteiger partial charge in [-0.2, -0.15) is 0 Å². The number of nitrogens with one attached hydrogen (secondary N) is 2. The maximum Gasteiger partial charge on any atom is 0.238 e. The number of hydrogen-bond acceptors (Lipinski definition) is 4. The Labute approximate surface area is 154 Å². The number of amides is 3. The van der Waals surface area contributed by atoms with E-state index < -0.39 is 0 Å². The minimum atomic E-state index is -0.170.